The summed E-state index contributed by atoms with van der Waals surface area (Å²) in [5.74, 6) is -3.97. The first kappa shape index (κ1) is 164. The highest BCUT2D eigenvalue weighted by Gasteiger charge is 2.48. The first-order valence-corrected chi connectivity index (χ1v) is 45.8. The standard InChI is InChI=1S/C27H44N4O8P2S2.C26H42N4O6P2S.C26H40N2O5S.19CH4/c1-15-9-8-10-21(39-43(7,34)35)20(30-31-28)12-22(16(2)11-19-14-42-18(4)29-19)36-24(32)13-23(37-40)27(5,6)26(33)17(3)25(15)38-41;1-14-8-7-9-20(31)19(29-30-27)11-21(15(2)10-18-13-39-17(4)28-18)34-23(32)12-22(35-37)26(5,6)25(33)16(3)24(14)36-38;1-14-8-7-9-19-20(28-19)11-21(15(2)10-18-13-34-17(4)27-18)33-23(30)12-22(29)26(5,6)25(32)16(3)24(14)31;;;;;;;;;;;;;;;;;;;/h11,14-15,17,20-23,25H,8-10,12-13,40-41H2,1-7H3;10,13-14,16,19-22,24,31H,7-9,11-12,37-38H2,1-6H3;10,13-14,16,19-22,24,28-29,31H,7-9,11-12H2,1-6H3;19*1H4/b16-11+;2*15-10+;;;;;;;;;;;;;;;;;;;. The van der Waals surface area contributed by atoms with Crippen LogP contribution in [-0.2, 0) is 75.4 Å². The van der Waals surface area contributed by atoms with Crippen LogP contribution in [0, 0.1) is 72.5 Å². The van der Waals surface area contributed by atoms with E-state index >= 15 is 0 Å². The lowest BCUT2D eigenvalue weighted by atomic mass is 9.73. The monoisotopic (exact) mass is 2080 g/mol. The quantitative estimate of drug-likeness (QED) is 0.0170. The van der Waals surface area contributed by atoms with E-state index in [1.165, 1.54) is 22.7 Å². The molecule has 4 fully saturated rings. The maximum Gasteiger partial charge on any atom is 0.309 e. The summed E-state index contributed by atoms with van der Waals surface area (Å²) in [5, 5.41) is 52.3. The molecule has 4 saturated heterocycles. The molecule has 25 unspecified atom stereocenters. The molecule has 7 heterocycles. The Bertz CT molecular complexity index is 4080. The molecule has 0 aliphatic carbocycles. The van der Waals surface area contributed by atoms with E-state index in [0.717, 1.165) is 57.5 Å². The Morgan fingerprint density at radius 1 is 0.467 bits per heavy atom. The van der Waals surface area contributed by atoms with Gasteiger partial charge < -0.3 is 52.9 Å². The number of nitrogens with zero attached hydrogens (tertiary/aromatic N) is 9. The highest BCUT2D eigenvalue weighted by Crippen LogP contribution is 2.41. The first-order chi connectivity index (χ1) is 54.3. The van der Waals surface area contributed by atoms with Crippen molar-refractivity contribution in [3.05, 3.63) is 85.8 Å². The third-order valence-corrected chi connectivity index (χ3v) is 27.4. The number of ketones is 3. The normalized spacial score (nSPS) is 27.9. The van der Waals surface area contributed by atoms with Gasteiger partial charge in [-0.1, -0.05) is 254 Å². The minimum Gasteiger partial charge on any atom is -0.458 e. The number of aryl methyl sites for hydroxylation is 3. The van der Waals surface area contributed by atoms with Crippen LogP contribution in [0.4, 0.5) is 0 Å². The van der Waals surface area contributed by atoms with E-state index in [4.69, 9.17) is 36.5 Å². The van der Waals surface area contributed by atoms with Gasteiger partial charge in [-0.25, -0.2) is 15.0 Å². The Labute approximate surface area is 846 Å². The summed E-state index contributed by atoms with van der Waals surface area (Å²) in [4.78, 5) is 99.5. The third-order valence-electron chi connectivity index (χ3n) is 23.1. The second-order valence-electron chi connectivity index (χ2n) is 33.4. The molecule has 37 heteroatoms. The fourth-order valence-corrected chi connectivity index (χ4v) is 19.8. The number of hydrogen-bond donors (Lipinski definition) is 4. The van der Waals surface area contributed by atoms with Crippen molar-refractivity contribution >= 4 is 135 Å². The number of rotatable bonds is 14. The van der Waals surface area contributed by atoms with Gasteiger partial charge in [0.2, 0.25) is 0 Å². The smallest absolute Gasteiger partial charge is 0.309 e. The molecule has 29 nitrogen and oxygen atoms in total. The minimum absolute atomic E-state index is 0. The van der Waals surface area contributed by atoms with E-state index < -0.39 is 135 Å². The lowest BCUT2D eigenvalue weighted by molar-refractivity contribution is -0.155. The van der Waals surface area contributed by atoms with Crippen LogP contribution in [-0.4, -0.2) is 172 Å². The molecule has 4 N–H and O–H groups in total. The first-order valence-electron chi connectivity index (χ1n) is 39.5. The number of thiazole rings is 3. The molecule has 0 radical (unpaired) electrons. The summed E-state index contributed by atoms with van der Waals surface area (Å²) in [6.07, 6.45) is 3.67. The van der Waals surface area contributed by atoms with Crippen LogP contribution < -0.4 is 5.32 Å². The Morgan fingerprint density at radius 3 is 1.12 bits per heavy atom. The number of cyclic esters (lactones) is 3. The average Bonchev–Trinajstić information content (AvgIpc) is 1.74. The Hall–Kier alpha value is -4.54. The number of carbonyl (C=O) groups excluding carboxylic acids is 6. The van der Waals surface area contributed by atoms with Gasteiger partial charge in [0.25, 0.3) is 10.1 Å². The minimum atomic E-state index is -3.93. The molecule has 25 atom stereocenters. The van der Waals surface area contributed by atoms with Crippen LogP contribution >= 0.6 is 71.9 Å². The number of aliphatic hydroxyl groups is 3. The number of Topliss-reactive ketones (excluding diaryl/α,β-unsaturated/α-hetero) is 3. The third kappa shape index (κ3) is 49.8. The summed E-state index contributed by atoms with van der Waals surface area (Å²) in [5.41, 5.74) is 19.8. The molecule has 7 rings (SSSR count). The maximum absolute atomic E-state index is 13.8. The molecule has 135 heavy (non-hydrogen) atoms. The number of aromatic nitrogens is 3. The molecule has 4 aliphatic rings. The summed E-state index contributed by atoms with van der Waals surface area (Å²) in [7, 11) is 4.87. The second-order valence-corrected chi connectivity index (χ2v) is 39.3. The Kier molecular flexibility index (Phi) is 92.6. The summed E-state index contributed by atoms with van der Waals surface area (Å²) in [6, 6.07) is -1.18. The summed E-state index contributed by atoms with van der Waals surface area (Å²) < 4.78 is 70.2. The van der Waals surface area contributed by atoms with Gasteiger partial charge in [0.05, 0.1) is 135 Å². The Morgan fingerprint density at radius 2 is 0.785 bits per heavy atom. The fourth-order valence-electron chi connectivity index (χ4n) is 15.5. The summed E-state index contributed by atoms with van der Waals surface area (Å²) in [6.45, 7) is 32.8. The number of aliphatic hydroxyl groups excluding tert-OH is 3. The number of fused-ring (bicyclic) bond motifs is 1. The molecule has 4 aliphatic heterocycles. The van der Waals surface area contributed by atoms with Gasteiger partial charge in [0.1, 0.15) is 35.7 Å². The second kappa shape index (κ2) is 76.2. The van der Waals surface area contributed by atoms with Crippen LogP contribution in [0.15, 0.2) is 43.1 Å². The molecule has 0 aromatic carbocycles. The van der Waals surface area contributed by atoms with Crippen molar-refractivity contribution in [1.82, 2.24) is 20.3 Å². The van der Waals surface area contributed by atoms with E-state index in [0.29, 0.717) is 61.4 Å². The lowest BCUT2D eigenvalue weighted by Gasteiger charge is -2.37. The van der Waals surface area contributed by atoms with E-state index in [1.54, 1.807) is 79.7 Å². The Balaban J connectivity index is -0.000000116. The number of ether oxygens (including phenoxy) is 3. The molecular weight excluding hydrogens is 1870 g/mol. The topological polar surface area (TPSA) is 429 Å². The van der Waals surface area contributed by atoms with Crippen molar-refractivity contribution in [2.75, 3.05) is 6.26 Å². The van der Waals surface area contributed by atoms with Crippen LogP contribution in [0.3, 0.4) is 0 Å². The van der Waals surface area contributed by atoms with Crippen LogP contribution in [0.25, 0.3) is 39.1 Å². The van der Waals surface area contributed by atoms with Crippen molar-refractivity contribution in [1.29, 1.82) is 0 Å². The number of hydrogen-bond acceptors (Lipinski definition) is 28. The van der Waals surface area contributed by atoms with Crippen LogP contribution in [0.1, 0.15) is 373 Å². The largest absolute Gasteiger partial charge is 0.458 e. The van der Waals surface area contributed by atoms with Gasteiger partial charge in [0, 0.05) is 100 Å². The van der Waals surface area contributed by atoms with Crippen molar-refractivity contribution in [3.63, 3.8) is 0 Å². The molecule has 0 saturated carbocycles. The van der Waals surface area contributed by atoms with Crippen molar-refractivity contribution < 1.29 is 89.0 Å². The predicted molar refractivity (Wildman–Crippen MR) is 592 cm³/mol. The maximum atomic E-state index is 13.8. The molecular formula is C98H202N10O19P4S4. The van der Waals surface area contributed by atoms with Crippen molar-refractivity contribution in [2.24, 2.45) is 62.0 Å². The zero-order chi connectivity index (χ0) is 87.1. The van der Waals surface area contributed by atoms with Crippen LogP contribution in [0.5, 0.6) is 0 Å². The average molecular weight is 2080 g/mol. The van der Waals surface area contributed by atoms with Gasteiger partial charge in [-0.2, -0.15) is 8.42 Å². The van der Waals surface area contributed by atoms with Crippen LogP contribution in [0.2, 0.25) is 0 Å². The van der Waals surface area contributed by atoms with Gasteiger partial charge in [-0.3, -0.25) is 33.0 Å². The number of azide groups is 2. The molecule has 0 amide bonds. The SMILES string of the molecule is C.C.C.C.C.C.C.C.C.C.C.C.C.C.C.C.C.C.C.C/C(=C\c1csc(C)n1)C1CC(N=[N+]=[N-])C(O)CCCC(C)C(OP)C(C)C(=O)C(C)(C)C(OP)CC(=O)O1.C/C(=C\c1csc(C)n1)C1CC(N=[N+]=[N-])C(OS(C)(=O)=O)CCCC(C)C(OP)C(C)C(=O)C(C)(C)C(OP)CC(=O)O1.C/C(=C\c1csc(C)n1)C1CC2NC2CCCC(C)C(O)C(C)C(=O)C(C)(C)C(O)CC(=O)O1. The molecule has 802 valence electrons. The fraction of sp³-hybridized carbons (Fsp3) is 0.786. The zero-order valence-electron chi connectivity index (χ0n) is 70.5. The predicted octanol–water partition coefficient (Wildman–Crippen LogP) is 27.7. The summed E-state index contributed by atoms with van der Waals surface area (Å²) >= 11 is 4.54. The van der Waals surface area contributed by atoms with E-state index in [9.17, 15) is 63.6 Å². The number of esters is 3. The molecule has 3 aromatic heterocycles. The van der Waals surface area contributed by atoms with Crippen molar-refractivity contribution in [3.8, 4) is 0 Å². The highest BCUT2D eigenvalue weighted by atomic mass is 32.2. The van der Waals surface area contributed by atoms with Gasteiger partial charge in [-0.15, -0.1) is 34.0 Å². The van der Waals surface area contributed by atoms with E-state index in [1.807, 2.05) is 90.6 Å². The number of nitrogens with one attached hydrogen (secondary N) is 1. The van der Waals surface area contributed by atoms with Gasteiger partial charge >= 0.3 is 17.9 Å². The molecule has 3 aromatic rings. The van der Waals surface area contributed by atoms with Gasteiger partial charge in [0.15, 0.2) is 0 Å². The van der Waals surface area contributed by atoms with E-state index in [-0.39, 0.29) is 227 Å². The zero-order valence-corrected chi connectivity index (χ0v) is 78.4. The molecule has 0 bridgehead atoms. The van der Waals surface area contributed by atoms with Crippen molar-refractivity contribution in [2.45, 2.75) is 453 Å². The van der Waals surface area contributed by atoms with Gasteiger partial charge in [-0.05, 0) is 157 Å². The highest BCUT2D eigenvalue weighted by molar-refractivity contribution is 7.86. The van der Waals surface area contributed by atoms with E-state index in [2.05, 4.69) is 78.2 Å². The lowest BCUT2D eigenvalue weighted by Crippen LogP contribution is -2.46. The number of carbonyl (C=O) groups is 6. The molecule has 0 spiro atoms.